The molecule has 6 rings (SSSR count). The lowest BCUT2D eigenvalue weighted by Gasteiger charge is -2.21. The molecule has 0 spiro atoms. The van der Waals surface area contributed by atoms with E-state index in [4.69, 9.17) is 9.40 Å². The van der Waals surface area contributed by atoms with Gasteiger partial charge in [0.2, 0.25) is 11.8 Å². The summed E-state index contributed by atoms with van der Waals surface area (Å²) >= 11 is 1.85. The smallest absolute Gasteiger partial charge is 0.243 e. The number of anilines is 2. The van der Waals surface area contributed by atoms with Gasteiger partial charge in [0, 0.05) is 28.9 Å². The van der Waals surface area contributed by atoms with Crippen molar-refractivity contribution in [1.82, 2.24) is 4.98 Å². The number of aryl methyl sites for hydroxylation is 2. The van der Waals surface area contributed by atoms with E-state index in [0.717, 1.165) is 54.1 Å². The number of fused-ring (bicyclic) bond motifs is 2. The number of aromatic nitrogens is 1. The van der Waals surface area contributed by atoms with Gasteiger partial charge in [0.25, 0.3) is 0 Å². The van der Waals surface area contributed by atoms with Gasteiger partial charge in [-0.05, 0) is 104 Å². The number of carbonyl (C=O) groups excluding carboxylic acids is 1. The van der Waals surface area contributed by atoms with E-state index in [2.05, 4.69) is 49.2 Å². The summed E-state index contributed by atoms with van der Waals surface area (Å²) in [5.74, 6) is 1.35. The number of hydrogen-bond donors (Lipinski definition) is 1. The Kier molecular flexibility index (Phi) is 5.98. The summed E-state index contributed by atoms with van der Waals surface area (Å²) in [7, 11) is 0. The SMILES string of the molecule is CCSc1ccc2c(c1)CCN2CC(=O)Nc1cc(C)c(C2(c3nc4ccc(F)cc4o3)CC2)c(C)c1. The van der Waals surface area contributed by atoms with Crippen LogP contribution in [0.1, 0.15) is 47.9 Å². The van der Waals surface area contributed by atoms with E-state index in [1.54, 1.807) is 6.07 Å². The Hall–Kier alpha value is -3.32. The predicted molar refractivity (Wildman–Crippen MR) is 147 cm³/mol. The molecule has 1 N–H and O–H groups in total. The number of nitrogens with one attached hydrogen (secondary N) is 1. The summed E-state index contributed by atoms with van der Waals surface area (Å²) in [6.45, 7) is 7.49. The second-order valence-electron chi connectivity index (χ2n) is 10.1. The minimum Gasteiger partial charge on any atom is -0.440 e. The summed E-state index contributed by atoms with van der Waals surface area (Å²) in [6.07, 6.45) is 2.84. The van der Waals surface area contributed by atoms with Crippen LogP contribution in [-0.2, 0) is 16.6 Å². The molecule has 1 aliphatic heterocycles. The van der Waals surface area contributed by atoms with E-state index in [-0.39, 0.29) is 17.1 Å². The first kappa shape index (κ1) is 24.0. The van der Waals surface area contributed by atoms with Crippen LogP contribution in [0.15, 0.2) is 57.8 Å². The summed E-state index contributed by atoms with van der Waals surface area (Å²) in [4.78, 5) is 21.1. The first-order valence-electron chi connectivity index (χ1n) is 12.8. The van der Waals surface area contributed by atoms with Crippen LogP contribution < -0.4 is 10.2 Å². The van der Waals surface area contributed by atoms with Crippen molar-refractivity contribution in [3.8, 4) is 0 Å². The third-order valence-corrected chi connectivity index (χ3v) is 8.37. The van der Waals surface area contributed by atoms with Gasteiger partial charge >= 0.3 is 0 Å². The Morgan fingerprint density at radius 2 is 1.92 bits per heavy atom. The van der Waals surface area contributed by atoms with Crippen molar-refractivity contribution in [3.05, 3.63) is 82.5 Å². The zero-order valence-electron chi connectivity index (χ0n) is 21.4. The van der Waals surface area contributed by atoms with Gasteiger partial charge in [-0.25, -0.2) is 9.37 Å². The number of thioether (sulfide) groups is 1. The fraction of sp³-hybridized carbons (Fsp3) is 0.333. The molecule has 37 heavy (non-hydrogen) atoms. The van der Waals surface area contributed by atoms with Gasteiger partial charge in [0.15, 0.2) is 5.58 Å². The third kappa shape index (κ3) is 4.39. The lowest BCUT2D eigenvalue weighted by molar-refractivity contribution is -0.115. The predicted octanol–water partition coefficient (Wildman–Crippen LogP) is 6.78. The van der Waals surface area contributed by atoms with Gasteiger partial charge in [0.1, 0.15) is 11.3 Å². The van der Waals surface area contributed by atoms with Crippen LogP contribution in [0.25, 0.3) is 11.1 Å². The summed E-state index contributed by atoms with van der Waals surface area (Å²) in [5.41, 5.74) is 7.50. The molecule has 1 aliphatic carbocycles. The molecule has 5 nitrogen and oxygen atoms in total. The van der Waals surface area contributed by atoms with Crippen LogP contribution >= 0.6 is 11.8 Å². The van der Waals surface area contributed by atoms with E-state index < -0.39 is 0 Å². The van der Waals surface area contributed by atoms with Crippen LogP contribution in [0.3, 0.4) is 0 Å². The lowest BCUT2D eigenvalue weighted by atomic mass is 9.87. The van der Waals surface area contributed by atoms with Crippen molar-refractivity contribution < 1.29 is 13.6 Å². The molecule has 3 aromatic carbocycles. The number of halogens is 1. The molecular weight excluding hydrogens is 485 g/mol. The van der Waals surface area contributed by atoms with Crippen molar-refractivity contribution in [3.63, 3.8) is 0 Å². The van der Waals surface area contributed by atoms with Gasteiger partial charge in [-0.15, -0.1) is 11.8 Å². The zero-order chi connectivity index (χ0) is 25.7. The molecule has 2 aliphatic rings. The van der Waals surface area contributed by atoms with Gasteiger partial charge in [-0.2, -0.15) is 0 Å². The van der Waals surface area contributed by atoms with E-state index in [9.17, 15) is 9.18 Å². The van der Waals surface area contributed by atoms with Crippen molar-refractivity contribution in [2.75, 3.05) is 29.1 Å². The van der Waals surface area contributed by atoms with Crippen molar-refractivity contribution in [2.24, 2.45) is 0 Å². The average Bonchev–Trinajstić information content (AvgIpc) is 3.36. The quantitative estimate of drug-likeness (QED) is 0.275. The molecule has 0 bridgehead atoms. The Morgan fingerprint density at radius 3 is 2.65 bits per heavy atom. The molecule has 1 aromatic heterocycles. The maximum absolute atomic E-state index is 13.7. The largest absolute Gasteiger partial charge is 0.440 e. The van der Waals surface area contributed by atoms with E-state index in [1.165, 1.54) is 28.2 Å². The highest BCUT2D eigenvalue weighted by atomic mass is 32.2. The number of carbonyl (C=O) groups is 1. The van der Waals surface area contributed by atoms with Crippen LogP contribution in [0, 0.1) is 19.7 Å². The fourth-order valence-corrected chi connectivity index (χ4v) is 6.55. The molecule has 0 atom stereocenters. The normalized spacial score (nSPS) is 15.7. The first-order valence-corrected chi connectivity index (χ1v) is 13.8. The van der Waals surface area contributed by atoms with Crippen LogP contribution in [-0.4, -0.2) is 29.7 Å². The third-order valence-electron chi connectivity index (χ3n) is 7.49. The minimum atomic E-state index is -0.329. The number of hydrogen-bond acceptors (Lipinski definition) is 5. The standard InChI is InChI=1S/C30H30FN3O2S/c1-4-37-23-6-8-25-20(15-23)9-12-34(25)17-27(35)32-22-13-18(2)28(19(3)14-22)30(10-11-30)29-33-24-7-5-21(31)16-26(24)36-29/h5-8,13-16H,4,9-12,17H2,1-3H3,(H,32,35). The maximum atomic E-state index is 13.7. The fourth-order valence-electron chi connectivity index (χ4n) is 5.83. The minimum absolute atomic E-state index is 0.0199. The molecule has 4 aromatic rings. The molecule has 0 unspecified atom stereocenters. The highest BCUT2D eigenvalue weighted by Crippen LogP contribution is 2.55. The van der Waals surface area contributed by atoms with Crippen LogP contribution in [0.4, 0.5) is 15.8 Å². The van der Waals surface area contributed by atoms with Crippen molar-refractivity contribution in [1.29, 1.82) is 0 Å². The highest BCUT2D eigenvalue weighted by Gasteiger charge is 2.52. The average molecular weight is 516 g/mol. The van der Waals surface area contributed by atoms with Gasteiger partial charge in [-0.3, -0.25) is 4.79 Å². The van der Waals surface area contributed by atoms with Crippen molar-refractivity contribution >= 4 is 40.1 Å². The van der Waals surface area contributed by atoms with E-state index in [0.29, 0.717) is 23.5 Å². The second-order valence-corrected chi connectivity index (χ2v) is 11.5. The van der Waals surface area contributed by atoms with Crippen molar-refractivity contribution in [2.45, 2.75) is 50.3 Å². The molecule has 2 heterocycles. The van der Waals surface area contributed by atoms with Gasteiger partial charge in [-0.1, -0.05) is 6.92 Å². The van der Waals surface area contributed by atoms with Crippen LogP contribution in [0.5, 0.6) is 0 Å². The molecular formula is C30H30FN3O2S. The van der Waals surface area contributed by atoms with E-state index in [1.807, 2.05) is 23.9 Å². The summed E-state index contributed by atoms with van der Waals surface area (Å²) in [6, 6.07) is 15.1. The van der Waals surface area contributed by atoms with Crippen LogP contribution in [0.2, 0.25) is 0 Å². The number of amides is 1. The maximum Gasteiger partial charge on any atom is 0.243 e. The van der Waals surface area contributed by atoms with E-state index >= 15 is 0 Å². The molecule has 0 radical (unpaired) electrons. The second kappa shape index (κ2) is 9.21. The summed E-state index contributed by atoms with van der Waals surface area (Å²) < 4.78 is 19.7. The summed E-state index contributed by atoms with van der Waals surface area (Å²) in [5, 5.41) is 3.11. The van der Waals surface area contributed by atoms with Gasteiger partial charge < -0.3 is 14.6 Å². The molecule has 0 saturated heterocycles. The van der Waals surface area contributed by atoms with Gasteiger partial charge in [0.05, 0.1) is 12.0 Å². The molecule has 1 amide bonds. The lowest BCUT2D eigenvalue weighted by Crippen LogP contribution is -2.32. The Morgan fingerprint density at radius 1 is 1.14 bits per heavy atom. The molecule has 7 heteroatoms. The number of nitrogens with zero attached hydrogens (tertiary/aromatic N) is 2. The Balaban J connectivity index is 1.19. The topological polar surface area (TPSA) is 58.4 Å². The zero-order valence-corrected chi connectivity index (χ0v) is 22.2. The molecule has 190 valence electrons. The monoisotopic (exact) mass is 515 g/mol. The molecule has 1 saturated carbocycles. The number of rotatable bonds is 7. The molecule has 1 fully saturated rings. The Bertz CT molecular complexity index is 1500. The number of benzene rings is 3. The Labute approximate surface area is 220 Å². The number of oxazole rings is 1. The highest BCUT2D eigenvalue weighted by molar-refractivity contribution is 7.99. The first-order chi connectivity index (χ1) is 17.9.